The molecule has 0 spiro atoms. The first-order valence-corrected chi connectivity index (χ1v) is 10.6. The highest BCUT2D eigenvalue weighted by Crippen LogP contribution is 2.32. The maximum absolute atomic E-state index is 13.0. The molecule has 1 atom stereocenters. The van der Waals surface area contributed by atoms with Crippen molar-refractivity contribution in [3.8, 4) is 11.4 Å². The molecule has 1 unspecified atom stereocenters. The van der Waals surface area contributed by atoms with Crippen LogP contribution in [0.4, 0.5) is 19.0 Å². The summed E-state index contributed by atoms with van der Waals surface area (Å²) in [5, 5.41) is 4.93. The largest absolute Gasteiger partial charge is 0.416 e. The number of para-hydroxylation sites is 1. The number of aromatic nitrogens is 4. The molecule has 0 N–H and O–H groups in total. The number of benzene rings is 2. The molecular formula is C23H21F3N6O. The molecule has 2 aromatic heterocycles. The molecule has 0 bridgehead atoms. The van der Waals surface area contributed by atoms with Crippen molar-refractivity contribution < 1.29 is 17.7 Å². The van der Waals surface area contributed by atoms with E-state index in [0.717, 1.165) is 55.0 Å². The lowest BCUT2D eigenvalue weighted by Crippen LogP contribution is -2.47. The van der Waals surface area contributed by atoms with E-state index in [0.29, 0.717) is 5.89 Å². The Kier molecular flexibility index (Phi) is 5.45. The molecule has 10 heteroatoms. The zero-order chi connectivity index (χ0) is 23.0. The summed E-state index contributed by atoms with van der Waals surface area (Å²) in [5.41, 5.74) is 0.437. The average Bonchev–Trinajstić information content (AvgIpc) is 3.33. The Morgan fingerprint density at radius 3 is 2.55 bits per heavy atom. The van der Waals surface area contributed by atoms with Crippen LogP contribution in [0.1, 0.15) is 24.4 Å². The van der Waals surface area contributed by atoms with E-state index >= 15 is 0 Å². The number of hydrogen-bond donors (Lipinski definition) is 0. The van der Waals surface area contributed by atoms with Gasteiger partial charge < -0.3 is 9.42 Å². The average molecular weight is 454 g/mol. The van der Waals surface area contributed by atoms with Crippen LogP contribution >= 0.6 is 0 Å². The van der Waals surface area contributed by atoms with E-state index < -0.39 is 11.7 Å². The Hall–Kier alpha value is -3.53. The van der Waals surface area contributed by atoms with Crippen LogP contribution in [-0.2, 0) is 6.18 Å². The van der Waals surface area contributed by atoms with Crippen LogP contribution in [0.15, 0.2) is 59.4 Å². The number of rotatable bonds is 4. The number of nitrogens with zero attached hydrogens (tertiary/aromatic N) is 6. The van der Waals surface area contributed by atoms with E-state index in [4.69, 9.17) is 4.52 Å². The Morgan fingerprint density at radius 2 is 1.76 bits per heavy atom. The fourth-order valence-electron chi connectivity index (χ4n) is 4.08. The number of alkyl halides is 3. The predicted octanol–water partition coefficient (Wildman–Crippen LogP) is 4.58. The number of anilines is 1. The summed E-state index contributed by atoms with van der Waals surface area (Å²) in [5.74, 6) is 1.44. The monoisotopic (exact) mass is 454 g/mol. The highest BCUT2D eigenvalue weighted by Gasteiger charge is 2.31. The fourth-order valence-corrected chi connectivity index (χ4v) is 4.08. The summed E-state index contributed by atoms with van der Waals surface area (Å²) in [6, 6.07) is 12.7. The number of hydrogen-bond acceptors (Lipinski definition) is 7. The highest BCUT2D eigenvalue weighted by molar-refractivity contribution is 5.89. The third-order valence-corrected chi connectivity index (χ3v) is 5.93. The molecule has 0 saturated carbocycles. The first-order chi connectivity index (χ1) is 15.9. The van der Waals surface area contributed by atoms with Gasteiger partial charge in [0, 0.05) is 37.1 Å². The molecular weight excluding hydrogens is 433 g/mol. The summed E-state index contributed by atoms with van der Waals surface area (Å²) in [7, 11) is 0. The van der Waals surface area contributed by atoms with Crippen LogP contribution in [0.2, 0.25) is 0 Å². The lowest BCUT2D eigenvalue weighted by molar-refractivity contribution is -0.137. The van der Waals surface area contributed by atoms with Gasteiger partial charge in [-0.2, -0.15) is 18.2 Å². The lowest BCUT2D eigenvalue weighted by Gasteiger charge is -2.37. The molecule has 5 rings (SSSR count). The van der Waals surface area contributed by atoms with Crippen LogP contribution in [0, 0.1) is 0 Å². The topological polar surface area (TPSA) is 71.2 Å². The predicted molar refractivity (Wildman–Crippen MR) is 116 cm³/mol. The van der Waals surface area contributed by atoms with Crippen LogP contribution < -0.4 is 4.90 Å². The van der Waals surface area contributed by atoms with Gasteiger partial charge in [-0.15, -0.1) is 0 Å². The number of piperazine rings is 1. The lowest BCUT2D eigenvalue weighted by atomic mass is 10.1. The molecule has 3 heterocycles. The molecule has 1 fully saturated rings. The van der Waals surface area contributed by atoms with E-state index in [1.165, 1.54) is 6.07 Å². The van der Waals surface area contributed by atoms with Gasteiger partial charge in [0.05, 0.1) is 17.1 Å². The first kappa shape index (κ1) is 21.3. The highest BCUT2D eigenvalue weighted by atomic mass is 19.4. The summed E-state index contributed by atoms with van der Waals surface area (Å²) in [4.78, 5) is 17.6. The van der Waals surface area contributed by atoms with E-state index in [1.807, 2.05) is 31.2 Å². The molecule has 0 aliphatic carbocycles. The summed E-state index contributed by atoms with van der Waals surface area (Å²) in [6.07, 6.45) is -2.84. The van der Waals surface area contributed by atoms with Crippen molar-refractivity contribution in [3.63, 3.8) is 0 Å². The van der Waals surface area contributed by atoms with Gasteiger partial charge in [0.2, 0.25) is 11.7 Å². The quantitative estimate of drug-likeness (QED) is 0.447. The Labute approximate surface area is 187 Å². The number of halogens is 3. The molecule has 0 radical (unpaired) electrons. The SMILES string of the molecule is CC(c1nc(-c2cccc(C(F)(F)F)c2)no1)N1CCN(c2ncnc3ccccc23)CC1. The Morgan fingerprint density at radius 1 is 0.970 bits per heavy atom. The van der Waals surface area contributed by atoms with Gasteiger partial charge in [-0.3, -0.25) is 4.90 Å². The van der Waals surface area contributed by atoms with Gasteiger partial charge in [-0.05, 0) is 31.2 Å². The van der Waals surface area contributed by atoms with Gasteiger partial charge in [0.1, 0.15) is 12.1 Å². The maximum atomic E-state index is 13.0. The van der Waals surface area contributed by atoms with Crippen molar-refractivity contribution in [3.05, 3.63) is 66.3 Å². The summed E-state index contributed by atoms with van der Waals surface area (Å²) in [6.45, 7) is 4.99. The van der Waals surface area contributed by atoms with Gasteiger partial charge in [0.15, 0.2) is 0 Å². The zero-order valence-corrected chi connectivity index (χ0v) is 17.8. The number of fused-ring (bicyclic) bond motifs is 1. The van der Waals surface area contributed by atoms with Gasteiger partial charge in [-0.25, -0.2) is 9.97 Å². The summed E-state index contributed by atoms with van der Waals surface area (Å²) >= 11 is 0. The standard InChI is InChI=1S/C23H21F3N6O/c1-15(22-29-20(30-33-22)16-5-4-6-17(13-16)23(24,25)26)31-9-11-32(12-10-31)21-18-7-2-3-8-19(18)27-14-28-21/h2-8,13-15H,9-12H2,1H3. The van der Waals surface area contributed by atoms with E-state index in [9.17, 15) is 13.2 Å². The molecule has 4 aromatic rings. The van der Waals surface area contributed by atoms with E-state index in [-0.39, 0.29) is 17.4 Å². The molecule has 1 saturated heterocycles. The second-order valence-corrected chi connectivity index (χ2v) is 7.95. The molecule has 1 aliphatic rings. The molecule has 2 aromatic carbocycles. The van der Waals surface area contributed by atoms with E-state index in [1.54, 1.807) is 12.4 Å². The van der Waals surface area contributed by atoms with Crippen molar-refractivity contribution in [1.29, 1.82) is 0 Å². The van der Waals surface area contributed by atoms with Crippen molar-refractivity contribution in [2.75, 3.05) is 31.1 Å². The van der Waals surface area contributed by atoms with Crippen molar-refractivity contribution in [2.24, 2.45) is 0 Å². The Balaban J connectivity index is 1.28. The van der Waals surface area contributed by atoms with E-state index in [2.05, 4.69) is 29.9 Å². The van der Waals surface area contributed by atoms with Crippen molar-refractivity contribution in [2.45, 2.75) is 19.1 Å². The minimum atomic E-state index is -4.43. The van der Waals surface area contributed by atoms with Gasteiger partial charge in [-0.1, -0.05) is 29.4 Å². The van der Waals surface area contributed by atoms with Crippen LogP contribution in [0.5, 0.6) is 0 Å². The minimum Gasteiger partial charge on any atom is -0.353 e. The molecule has 170 valence electrons. The second kappa shape index (κ2) is 8.43. The second-order valence-electron chi connectivity index (χ2n) is 7.95. The van der Waals surface area contributed by atoms with Crippen LogP contribution in [0.3, 0.4) is 0 Å². The molecule has 33 heavy (non-hydrogen) atoms. The van der Waals surface area contributed by atoms with Crippen molar-refractivity contribution in [1.82, 2.24) is 25.0 Å². The van der Waals surface area contributed by atoms with Crippen LogP contribution in [0.25, 0.3) is 22.3 Å². The Bertz CT molecular complexity index is 1260. The molecule has 7 nitrogen and oxygen atoms in total. The first-order valence-electron chi connectivity index (χ1n) is 10.6. The minimum absolute atomic E-state index is 0.147. The zero-order valence-electron chi connectivity index (χ0n) is 17.8. The molecule has 0 amide bonds. The summed E-state index contributed by atoms with van der Waals surface area (Å²) < 4.78 is 44.5. The molecule has 1 aliphatic heterocycles. The van der Waals surface area contributed by atoms with Gasteiger partial charge >= 0.3 is 6.18 Å². The fraction of sp³-hybridized carbons (Fsp3) is 0.304. The third kappa shape index (κ3) is 4.25. The van der Waals surface area contributed by atoms with Crippen LogP contribution in [-0.4, -0.2) is 51.2 Å². The normalized spacial score (nSPS) is 16.3. The third-order valence-electron chi connectivity index (χ3n) is 5.93. The van der Waals surface area contributed by atoms with Crippen molar-refractivity contribution >= 4 is 16.7 Å². The maximum Gasteiger partial charge on any atom is 0.416 e. The van der Waals surface area contributed by atoms with Gasteiger partial charge in [0.25, 0.3) is 0 Å². The smallest absolute Gasteiger partial charge is 0.353 e.